The van der Waals surface area contributed by atoms with Crippen LogP contribution in [0.3, 0.4) is 0 Å². The van der Waals surface area contributed by atoms with Crippen LogP contribution in [0.1, 0.15) is 17.8 Å². The van der Waals surface area contributed by atoms with E-state index in [4.69, 9.17) is 4.74 Å². The largest absolute Gasteiger partial charge is 0.497 e. The average Bonchev–Trinajstić information content (AvgIpc) is 2.97. The van der Waals surface area contributed by atoms with E-state index in [1.54, 1.807) is 7.11 Å². The van der Waals surface area contributed by atoms with Gasteiger partial charge in [0.15, 0.2) is 0 Å². The number of carbonyl (C=O) groups excluding carboxylic acids is 1. The third-order valence-corrected chi connectivity index (χ3v) is 4.35. The Labute approximate surface area is 147 Å². The van der Waals surface area contributed by atoms with Gasteiger partial charge in [-0.1, -0.05) is 24.3 Å². The van der Waals surface area contributed by atoms with Gasteiger partial charge in [0, 0.05) is 26.4 Å². The fraction of sp³-hybridized carbons (Fsp3) is 0.300. The molecule has 0 aliphatic heterocycles. The first-order valence-electron chi connectivity index (χ1n) is 8.47. The third-order valence-electron chi connectivity index (χ3n) is 4.35. The maximum atomic E-state index is 12.0. The number of hydrogen-bond acceptors (Lipinski definition) is 3. The first kappa shape index (κ1) is 17.0. The van der Waals surface area contributed by atoms with Gasteiger partial charge in [0.25, 0.3) is 0 Å². The van der Waals surface area contributed by atoms with Gasteiger partial charge in [0.05, 0.1) is 18.1 Å². The predicted octanol–water partition coefficient (Wildman–Crippen LogP) is 2.87. The van der Waals surface area contributed by atoms with Crippen LogP contribution in [0.25, 0.3) is 11.0 Å². The number of carbonyl (C=O) groups is 1. The molecule has 0 saturated carbocycles. The molecule has 25 heavy (non-hydrogen) atoms. The van der Waals surface area contributed by atoms with Crippen molar-refractivity contribution >= 4 is 16.9 Å². The minimum Gasteiger partial charge on any atom is -0.497 e. The summed E-state index contributed by atoms with van der Waals surface area (Å²) in [5.41, 5.74) is 3.24. The summed E-state index contributed by atoms with van der Waals surface area (Å²) in [7, 11) is 3.66. The normalized spacial score (nSPS) is 10.8. The van der Waals surface area contributed by atoms with Crippen molar-refractivity contribution in [2.75, 3.05) is 13.7 Å². The lowest BCUT2D eigenvalue weighted by molar-refractivity contribution is -0.121. The summed E-state index contributed by atoms with van der Waals surface area (Å²) in [6.07, 6.45) is 1.93. The van der Waals surface area contributed by atoms with E-state index in [-0.39, 0.29) is 5.91 Å². The van der Waals surface area contributed by atoms with Crippen LogP contribution in [-0.2, 0) is 24.7 Å². The number of benzene rings is 2. The molecule has 3 rings (SSSR count). The van der Waals surface area contributed by atoms with Crippen molar-refractivity contribution in [2.45, 2.75) is 19.3 Å². The summed E-state index contributed by atoms with van der Waals surface area (Å²) < 4.78 is 7.22. The van der Waals surface area contributed by atoms with Crippen LogP contribution < -0.4 is 10.1 Å². The number of para-hydroxylation sites is 2. The van der Waals surface area contributed by atoms with Crippen LogP contribution in [0.4, 0.5) is 0 Å². The maximum absolute atomic E-state index is 12.0. The Kier molecular flexibility index (Phi) is 5.33. The van der Waals surface area contributed by atoms with Crippen molar-refractivity contribution in [3.63, 3.8) is 0 Å². The van der Waals surface area contributed by atoms with Crippen LogP contribution in [0.15, 0.2) is 48.5 Å². The lowest BCUT2D eigenvalue weighted by Crippen LogP contribution is -2.26. The molecule has 5 heteroatoms. The second kappa shape index (κ2) is 7.83. The SMILES string of the molecule is COc1ccc(CCC(=O)NCCc2nc3ccccc3n2C)cc1. The van der Waals surface area contributed by atoms with E-state index in [2.05, 4.69) is 20.9 Å². The molecule has 1 heterocycles. The van der Waals surface area contributed by atoms with Gasteiger partial charge in [-0.05, 0) is 36.2 Å². The van der Waals surface area contributed by atoms with Gasteiger partial charge in [-0.15, -0.1) is 0 Å². The summed E-state index contributed by atoms with van der Waals surface area (Å²) >= 11 is 0. The molecule has 0 fully saturated rings. The standard InChI is InChI=1S/C20H23N3O2/c1-23-18-6-4-3-5-17(18)22-19(23)13-14-21-20(24)12-9-15-7-10-16(25-2)11-8-15/h3-8,10-11H,9,12-14H2,1-2H3,(H,21,24). The summed E-state index contributed by atoms with van der Waals surface area (Å²) in [6, 6.07) is 15.9. The van der Waals surface area contributed by atoms with Gasteiger partial charge < -0.3 is 14.6 Å². The molecule has 0 spiro atoms. The minimum absolute atomic E-state index is 0.0644. The van der Waals surface area contributed by atoms with Gasteiger partial charge in [-0.3, -0.25) is 4.79 Å². The molecule has 0 unspecified atom stereocenters. The lowest BCUT2D eigenvalue weighted by Gasteiger charge is -2.06. The van der Waals surface area contributed by atoms with E-state index < -0.39 is 0 Å². The Morgan fingerprint density at radius 3 is 2.60 bits per heavy atom. The van der Waals surface area contributed by atoms with E-state index in [1.165, 1.54) is 0 Å². The van der Waals surface area contributed by atoms with E-state index in [1.807, 2.05) is 49.5 Å². The van der Waals surface area contributed by atoms with Crippen LogP contribution in [-0.4, -0.2) is 29.1 Å². The number of methoxy groups -OCH3 is 1. The van der Waals surface area contributed by atoms with Crippen LogP contribution in [0, 0.1) is 0 Å². The number of hydrogen-bond donors (Lipinski definition) is 1. The maximum Gasteiger partial charge on any atom is 0.220 e. The summed E-state index contributed by atoms with van der Waals surface area (Å²) in [4.78, 5) is 16.6. The Balaban J connectivity index is 1.46. The molecule has 0 bridgehead atoms. The minimum atomic E-state index is 0.0644. The van der Waals surface area contributed by atoms with E-state index in [0.29, 0.717) is 13.0 Å². The molecular formula is C20H23N3O2. The molecule has 0 aliphatic rings. The highest BCUT2D eigenvalue weighted by atomic mass is 16.5. The monoisotopic (exact) mass is 337 g/mol. The van der Waals surface area contributed by atoms with Crippen LogP contribution in [0.2, 0.25) is 0 Å². The number of imidazole rings is 1. The molecule has 2 aromatic carbocycles. The molecule has 1 amide bonds. The molecule has 3 aromatic rings. The van der Waals surface area contributed by atoms with Gasteiger partial charge >= 0.3 is 0 Å². The Morgan fingerprint density at radius 2 is 1.88 bits per heavy atom. The van der Waals surface area contributed by atoms with Crippen molar-refractivity contribution in [2.24, 2.45) is 7.05 Å². The van der Waals surface area contributed by atoms with Gasteiger partial charge in [0.2, 0.25) is 5.91 Å². The molecule has 0 radical (unpaired) electrons. The number of ether oxygens (including phenoxy) is 1. The Hall–Kier alpha value is -2.82. The van der Waals surface area contributed by atoms with Crippen LogP contribution in [0.5, 0.6) is 5.75 Å². The zero-order valence-corrected chi connectivity index (χ0v) is 14.7. The Morgan fingerprint density at radius 1 is 1.12 bits per heavy atom. The number of aromatic nitrogens is 2. The number of nitrogens with zero attached hydrogens (tertiary/aromatic N) is 2. The molecule has 0 aliphatic carbocycles. The zero-order valence-electron chi connectivity index (χ0n) is 14.7. The third kappa shape index (κ3) is 4.18. The number of rotatable bonds is 7. The highest BCUT2D eigenvalue weighted by Crippen LogP contribution is 2.14. The molecule has 1 N–H and O–H groups in total. The second-order valence-corrected chi connectivity index (χ2v) is 6.02. The summed E-state index contributed by atoms with van der Waals surface area (Å²) in [5.74, 6) is 1.88. The molecule has 130 valence electrons. The zero-order chi connectivity index (χ0) is 17.6. The van der Waals surface area contributed by atoms with Crippen molar-refractivity contribution in [3.05, 3.63) is 59.9 Å². The smallest absolute Gasteiger partial charge is 0.220 e. The van der Waals surface area contributed by atoms with Crippen molar-refractivity contribution in [1.82, 2.24) is 14.9 Å². The topological polar surface area (TPSA) is 56.1 Å². The number of amides is 1. The van der Waals surface area contributed by atoms with Crippen LogP contribution >= 0.6 is 0 Å². The number of fused-ring (bicyclic) bond motifs is 1. The summed E-state index contributed by atoms with van der Waals surface area (Å²) in [5, 5.41) is 2.98. The Bertz CT molecular complexity index is 853. The second-order valence-electron chi connectivity index (χ2n) is 6.02. The highest BCUT2D eigenvalue weighted by Gasteiger charge is 2.08. The molecule has 0 saturated heterocycles. The van der Waals surface area contributed by atoms with E-state index in [9.17, 15) is 4.79 Å². The average molecular weight is 337 g/mol. The summed E-state index contributed by atoms with van der Waals surface area (Å²) in [6.45, 7) is 0.596. The molecular weight excluding hydrogens is 314 g/mol. The van der Waals surface area contributed by atoms with E-state index >= 15 is 0 Å². The molecule has 0 atom stereocenters. The van der Waals surface area contributed by atoms with Gasteiger partial charge in [-0.2, -0.15) is 0 Å². The van der Waals surface area contributed by atoms with Crippen molar-refractivity contribution in [3.8, 4) is 5.75 Å². The van der Waals surface area contributed by atoms with Crippen molar-refractivity contribution in [1.29, 1.82) is 0 Å². The lowest BCUT2D eigenvalue weighted by atomic mass is 10.1. The number of aryl methyl sites for hydroxylation is 2. The first-order chi connectivity index (χ1) is 12.2. The first-order valence-corrected chi connectivity index (χ1v) is 8.47. The fourth-order valence-electron chi connectivity index (χ4n) is 2.87. The van der Waals surface area contributed by atoms with Gasteiger partial charge in [-0.25, -0.2) is 4.98 Å². The molecule has 5 nitrogen and oxygen atoms in total. The van der Waals surface area contributed by atoms with Gasteiger partial charge in [0.1, 0.15) is 11.6 Å². The fourth-order valence-corrected chi connectivity index (χ4v) is 2.87. The van der Waals surface area contributed by atoms with E-state index in [0.717, 1.165) is 41.0 Å². The quantitative estimate of drug-likeness (QED) is 0.721. The highest BCUT2D eigenvalue weighted by molar-refractivity contribution is 5.76. The number of nitrogens with one attached hydrogen (secondary N) is 1. The van der Waals surface area contributed by atoms with Crippen molar-refractivity contribution < 1.29 is 9.53 Å². The molecule has 1 aromatic heterocycles. The predicted molar refractivity (Wildman–Crippen MR) is 98.7 cm³/mol.